The molecule has 0 aromatic rings. The number of carbonyl (C=O) groups excluding carboxylic acids is 1. The van der Waals surface area contributed by atoms with Gasteiger partial charge in [-0.25, -0.2) is 4.79 Å². The highest BCUT2D eigenvalue weighted by atomic mass is 35.5. The Morgan fingerprint density at radius 1 is 1.33 bits per heavy atom. The van der Waals surface area contributed by atoms with Gasteiger partial charge < -0.3 is 15.0 Å². The van der Waals surface area contributed by atoms with Crippen molar-refractivity contribution in [2.45, 2.75) is 51.7 Å². The molecule has 0 aromatic heterocycles. The lowest BCUT2D eigenvalue weighted by Crippen LogP contribution is -2.33. The second-order valence-electron chi connectivity index (χ2n) is 5.70. The van der Waals surface area contributed by atoms with Crippen molar-refractivity contribution in [2.75, 3.05) is 26.5 Å². The van der Waals surface area contributed by atoms with Crippen LogP contribution in [-0.4, -0.2) is 49.2 Å². The average Bonchev–Trinajstić information content (AvgIpc) is 2.20. The molecule has 0 saturated carbocycles. The van der Waals surface area contributed by atoms with Gasteiger partial charge in [-0.2, -0.15) is 0 Å². The number of ether oxygens (including phenoxy) is 1. The fourth-order valence-electron chi connectivity index (χ4n) is 1.48. The number of unbranched alkanes of at least 4 members (excludes halogenated alkanes) is 1. The van der Waals surface area contributed by atoms with E-state index in [4.69, 9.17) is 16.3 Å². The minimum atomic E-state index is -0.432. The van der Waals surface area contributed by atoms with Crippen LogP contribution in [0.5, 0.6) is 0 Å². The average molecular weight is 279 g/mol. The number of halogens is 1. The van der Waals surface area contributed by atoms with E-state index < -0.39 is 5.60 Å². The van der Waals surface area contributed by atoms with Gasteiger partial charge in [-0.05, 0) is 47.7 Å². The first kappa shape index (κ1) is 17.5. The monoisotopic (exact) mass is 278 g/mol. The quantitative estimate of drug-likeness (QED) is 0.575. The molecule has 0 aliphatic heterocycles. The van der Waals surface area contributed by atoms with Gasteiger partial charge in [0.1, 0.15) is 5.60 Å². The molecular weight excluding hydrogens is 252 g/mol. The van der Waals surface area contributed by atoms with Crippen molar-refractivity contribution in [1.29, 1.82) is 0 Å². The lowest BCUT2D eigenvalue weighted by Gasteiger charge is -2.22. The molecule has 5 heteroatoms. The smallest absolute Gasteiger partial charge is 0.407 e. The second-order valence-corrected chi connectivity index (χ2v) is 6.00. The first-order valence-corrected chi connectivity index (χ1v) is 6.99. The van der Waals surface area contributed by atoms with E-state index in [0.29, 0.717) is 18.5 Å². The Balaban J connectivity index is 3.59. The molecule has 0 aliphatic rings. The van der Waals surface area contributed by atoms with Gasteiger partial charge in [0.05, 0.1) is 0 Å². The maximum Gasteiger partial charge on any atom is 0.407 e. The summed E-state index contributed by atoms with van der Waals surface area (Å²) in [6.45, 7) is 6.22. The summed E-state index contributed by atoms with van der Waals surface area (Å²) < 4.78 is 5.15. The third-order valence-electron chi connectivity index (χ3n) is 2.54. The zero-order valence-electron chi connectivity index (χ0n) is 12.3. The Bertz CT molecular complexity index is 240. The predicted octanol–water partition coefficient (Wildman–Crippen LogP) is 2.85. The molecule has 0 aromatic carbocycles. The number of amides is 1. The molecule has 1 atom stereocenters. The van der Waals surface area contributed by atoms with Crippen molar-refractivity contribution < 1.29 is 9.53 Å². The summed E-state index contributed by atoms with van der Waals surface area (Å²) >= 11 is 5.87. The lowest BCUT2D eigenvalue weighted by molar-refractivity contribution is 0.0527. The van der Waals surface area contributed by atoms with E-state index in [1.54, 1.807) is 0 Å². The Labute approximate surface area is 116 Å². The Morgan fingerprint density at radius 2 is 1.94 bits per heavy atom. The summed E-state index contributed by atoms with van der Waals surface area (Å²) in [5.74, 6) is 0.645. The molecule has 0 rings (SSSR count). The van der Waals surface area contributed by atoms with Gasteiger partial charge in [0.2, 0.25) is 0 Å². The van der Waals surface area contributed by atoms with Gasteiger partial charge in [-0.1, -0.05) is 6.42 Å². The topological polar surface area (TPSA) is 41.6 Å². The lowest BCUT2D eigenvalue weighted by atomic mass is 10.1. The van der Waals surface area contributed by atoms with Gasteiger partial charge in [0, 0.05) is 18.5 Å². The van der Waals surface area contributed by atoms with Gasteiger partial charge in [-0.3, -0.25) is 0 Å². The Kier molecular flexibility index (Phi) is 8.36. The van der Waals surface area contributed by atoms with E-state index in [-0.39, 0.29) is 6.09 Å². The summed E-state index contributed by atoms with van der Waals surface area (Å²) in [6, 6.07) is 0.410. The number of hydrogen-bond donors (Lipinski definition) is 1. The van der Waals surface area contributed by atoms with Crippen molar-refractivity contribution >= 4 is 17.7 Å². The Morgan fingerprint density at radius 3 is 2.39 bits per heavy atom. The minimum Gasteiger partial charge on any atom is -0.444 e. The molecule has 0 spiro atoms. The summed E-state index contributed by atoms with van der Waals surface area (Å²) in [6.07, 6.45) is 2.70. The fraction of sp³-hybridized carbons (Fsp3) is 0.923. The number of alkyl halides is 1. The number of rotatable bonds is 7. The molecule has 0 aliphatic carbocycles. The Hall–Kier alpha value is -0.480. The second kappa shape index (κ2) is 8.59. The van der Waals surface area contributed by atoms with Crippen molar-refractivity contribution in [3.63, 3.8) is 0 Å². The molecule has 1 unspecified atom stereocenters. The normalized spacial score (nSPS) is 13.5. The molecule has 108 valence electrons. The van der Waals surface area contributed by atoms with Crippen LogP contribution in [0.25, 0.3) is 0 Å². The van der Waals surface area contributed by atoms with Crippen LogP contribution < -0.4 is 5.32 Å². The fourth-order valence-corrected chi connectivity index (χ4v) is 1.91. The molecule has 0 heterocycles. The molecule has 0 bridgehead atoms. The van der Waals surface area contributed by atoms with Crippen LogP contribution in [0.15, 0.2) is 0 Å². The molecular formula is C13H27ClN2O2. The van der Waals surface area contributed by atoms with Crippen LogP contribution in [0.3, 0.4) is 0 Å². The van der Waals surface area contributed by atoms with Gasteiger partial charge in [-0.15, -0.1) is 11.6 Å². The number of carbonyl (C=O) groups is 1. The standard InChI is InChI=1S/C13H27ClN2O2/c1-13(2,3)18-12(17)15-9-7-6-8-11(10-14)16(4)5/h11H,6-10H2,1-5H3,(H,15,17). The number of nitrogens with one attached hydrogen (secondary N) is 1. The third-order valence-corrected chi connectivity index (χ3v) is 2.90. The summed E-state index contributed by atoms with van der Waals surface area (Å²) in [7, 11) is 4.07. The molecule has 18 heavy (non-hydrogen) atoms. The zero-order valence-corrected chi connectivity index (χ0v) is 13.0. The largest absolute Gasteiger partial charge is 0.444 e. The van der Waals surface area contributed by atoms with Gasteiger partial charge >= 0.3 is 6.09 Å². The van der Waals surface area contributed by atoms with E-state index >= 15 is 0 Å². The third kappa shape index (κ3) is 9.54. The molecule has 1 N–H and O–H groups in total. The van der Waals surface area contributed by atoms with Crippen molar-refractivity contribution in [1.82, 2.24) is 10.2 Å². The SMILES string of the molecule is CN(C)C(CCl)CCCCNC(=O)OC(C)(C)C. The number of alkyl carbamates (subject to hydrolysis) is 1. The highest BCUT2D eigenvalue weighted by Gasteiger charge is 2.15. The van der Waals surface area contributed by atoms with E-state index in [1.165, 1.54) is 0 Å². The van der Waals surface area contributed by atoms with Crippen LogP contribution in [0, 0.1) is 0 Å². The maximum absolute atomic E-state index is 11.4. The molecule has 0 saturated heterocycles. The summed E-state index contributed by atoms with van der Waals surface area (Å²) in [5, 5.41) is 2.75. The van der Waals surface area contributed by atoms with Crippen LogP contribution >= 0.6 is 11.6 Å². The minimum absolute atomic E-state index is 0.344. The van der Waals surface area contributed by atoms with Crippen molar-refractivity contribution in [3.05, 3.63) is 0 Å². The molecule has 1 amide bonds. The highest BCUT2D eigenvalue weighted by molar-refractivity contribution is 6.18. The van der Waals surface area contributed by atoms with E-state index in [9.17, 15) is 4.79 Å². The van der Waals surface area contributed by atoms with Crippen molar-refractivity contribution in [2.24, 2.45) is 0 Å². The van der Waals surface area contributed by atoms with E-state index in [1.807, 2.05) is 34.9 Å². The molecule has 0 radical (unpaired) electrons. The van der Waals surface area contributed by atoms with Gasteiger partial charge in [0.25, 0.3) is 0 Å². The van der Waals surface area contributed by atoms with Crippen LogP contribution in [-0.2, 0) is 4.74 Å². The predicted molar refractivity (Wildman–Crippen MR) is 76.3 cm³/mol. The van der Waals surface area contributed by atoms with Gasteiger partial charge in [0.15, 0.2) is 0 Å². The van der Waals surface area contributed by atoms with E-state index in [2.05, 4.69) is 10.2 Å². The van der Waals surface area contributed by atoms with Crippen LogP contribution in [0.4, 0.5) is 4.79 Å². The maximum atomic E-state index is 11.4. The molecule has 0 fully saturated rings. The summed E-state index contributed by atoms with van der Waals surface area (Å²) in [4.78, 5) is 13.5. The summed E-state index contributed by atoms with van der Waals surface area (Å²) in [5.41, 5.74) is -0.432. The first-order chi connectivity index (χ1) is 8.26. The van der Waals surface area contributed by atoms with E-state index in [0.717, 1.165) is 19.3 Å². The number of hydrogen-bond acceptors (Lipinski definition) is 3. The van der Waals surface area contributed by atoms with Crippen LogP contribution in [0.2, 0.25) is 0 Å². The number of nitrogens with zero attached hydrogens (tertiary/aromatic N) is 1. The molecule has 4 nitrogen and oxygen atoms in total. The van der Waals surface area contributed by atoms with Crippen molar-refractivity contribution in [3.8, 4) is 0 Å². The zero-order chi connectivity index (χ0) is 14.2. The van der Waals surface area contributed by atoms with Crippen LogP contribution in [0.1, 0.15) is 40.0 Å². The first-order valence-electron chi connectivity index (χ1n) is 6.45. The highest BCUT2D eigenvalue weighted by Crippen LogP contribution is 2.08.